The van der Waals surface area contributed by atoms with Gasteiger partial charge in [0, 0.05) is 5.92 Å². The highest BCUT2D eigenvalue weighted by Gasteiger charge is 2.52. The lowest BCUT2D eigenvalue weighted by molar-refractivity contribution is -0.178. The lowest BCUT2D eigenvalue weighted by Crippen LogP contribution is -2.53. The Morgan fingerprint density at radius 3 is 2.50 bits per heavy atom. The van der Waals surface area contributed by atoms with Gasteiger partial charge in [-0.1, -0.05) is 25.3 Å². The maximum atomic E-state index is 11.2. The summed E-state index contributed by atoms with van der Waals surface area (Å²) in [4.78, 5) is 11.2. The van der Waals surface area contributed by atoms with Crippen LogP contribution in [0.3, 0.4) is 0 Å². The van der Waals surface area contributed by atoms with Crippen molar-refractivity contribution < 1.29 is 9.53 Å². The summed E-state index contributed by atoms with van der Waals surface area (Å²) in [7, 11) is 0. The molecule has 1 saturated carbocycles. The zero-order valence-electron chi connectivity index (χ0n) is 9.01. The van der Waals surface area contributed by atoms with E-state index in [1.165, 1.54) is 32.1 Å². The monoisotopic (exact) mass is 194 g/mol. The average Bonchev–Trinajstić information content (AvgIpc) is 2.19. The second-order valence-corrected chi connectivity index (χ2v) is 4.53. The van der Waals surface area contributed by atoms with E-state index in [2.05, 4.69) is 6.92 Å². The molecule has 2 nitrogen and oxygen atoms in total. The van der Waals surface area contributed by atoms with Gasteiger partial charge < -0.3 is 4.74 Å². The molecular weight excluding hydrogens is 176 g/mol. The summed E-state index contributed by atoms with van der Waals surface area (Å²) in [5, 5.41) is 0. The maximum Gasteiger partial charge on any atom is 0.338 e. The van der Waals surface area contributed by atoms with Crippen molar-refractivity contribution in [1.82, 2.24) is 0 Å². The third-order valence-electron chi connectivity index (χ3n) is 3.73. The Labute approximate surface area is 85.3 Å². The van der Waals surface area contributed by atoms with Crippen LogP contribution in [0.2, 0.25) is 0 Å². The summed E-state index contributed by atoms with van der Waals surface area (Å²) < 4.78 is 5.36. The maximum absolute atomic E-state index is 11.2. The van der Waals surface area contributed by atoms with Crippen LogP contribution in [0.5, 0.6) is 0 Å². The first-order chi connectivity index (χ1) is 6.68. The van der Waals surface area contributed by atoms with Crippen molar-refractivity contribution in [2.24, 2.45) is 5.92 Å². The lowest BCUT2D eigenvalue weighted by Gasteiger charge is -2.46. The molecule has 78 valence electrons. The summed E-state index contributed by atoms with van der Waals surface area (Å²) in [6.07, 6.45) is 8.25. The van der Waals surface area contributed by atoms with Crippen LogP contribution < -0.4 is 0 Å². The Balaban J connectivity index is 2.12. The molecule has 0 aromatic carbocycles. The third kappa shape index (κ3) is 1.28. The molecule has 1 aliphatic carbocycles. The van der Waals surface area contributed by atoms with E-state index in [-0.39, 0.29) is 11.6 Å². The molecule has 0 unspecified atom stereocenters. The predicted molar refractivity (Wildman–Crippen MR) is 54.8 cm³/mol. The van der Waals surface area contributed by atoms with Gasteiger partial charge in [-0.05, 0) is 26.7 Å². The van der Waals surface area contributed by atoms with Crippen molar-refractivity contribution in [2.45, 2.75) is 51.6 Å². The van der Waals surface area contributed by atoms with E-state index in [0.29, 0.717) is 5.92 Å². The van der Waals surface area contributed by atoms with Crippen LogP contribution in [0.15, 0.2) is 11.6 Å². The van der Waals surface area contributed by atoms with Gasteiger partial charge >= 0.3 is 5.97 Å². The molecular formula is C12H18O2. The molecule has 0 spiro atoms. The van der Waals surface area contributed by atoms with Crippen molar-refractivity contribution in [3.63, 3.8) is 0 Å². The van der Waals surface area contributed by atoms with Gasteiger partial charge in [-0.2, -0.15) is 0 Å². The molecule has 0 aromatic heterocycles. The van der Waals surface area contributed by atoms with E-state index in [9.17, 15) is 4.79 Å². The summed E-state index contributed by atoms with van der Waals surface area (Å²) in [5.41, 5.74) is 0.635. The predicted octanol–water partition coefficient (Wildman–Crippen LogP) is 2.83. The molecule has 0 radical (unpaired) electrons. The van der Waals surface area contributed by atoms with E-state index in [4.69, 9.17) is 4.74 Å². The van der Waals surface area contributed by atoms with Gasteiger partial charge in [0.05, 0.1) is 5.57 Å². The SMILES string of the molecule is C/C=C1/C(=O)O[C@@]1(C)C1CCCCC1. The van der Waals surface area contributed by atoms with Crippen molar-refractivity contribution in [2.75, 3.05) is 0 Å². The van der Waals surface area contributed by atoms with Crippen LogP contribution in [0.1, 0.15) is 46.0 Å². The second-order valence-electron chi connectivity index (χ2n) is 4.53. The van der Waals surface area contributed by atoms with E-state index in [0.717, 1.165) is 5.57 Å². The Hall–Kier alpha value is -0.790. The number of hydrogen-bond donors (Lipinski definition) is 0. The minimum atomic E-state index is -0.258. The van der Waals surface area contributed by atoms with Crippen molar-refractivity contribution in [3.8, 4) is 0 Å². The molecule has 1 aliphatic heterocycles. The summed E-state index contributed by atoms with van der Waals surface area (Å²) in [6.45, 7) is 4.00. The van der Waals surface area contributed by atoms with Crippen LogP contribution in [0.25, 0.3) is 0 Å². The Bertz CT molecular complexity index is 274. The molecule has 1 saturated heterocycles. The van der Waals surface area contributed by atoms with Gasteiger partial charge in [-0.25, -0.2) is 4.79 Å². The topological polar surface area (TPSA) is 26.3 Å². The van der Waals surface area contributed by atoms with Crippen molar-refractivity contribution in [3.05, 3.63) is 11.6 Å². The first kappa shape index (κ1) is 9.75. The summed E-state index contributed by atoms with van der Waals surface area (Å²) >= 11 is 0. The molecule has 2 heteroatoms. The van der Waals surface area contributed by atoms with Crippen molar-refractivity contribution >= 4 is 5.97 Å². The average molecular weight is 194 g/mol. The number of allylic oxidation sites excluding steroid dienone is 1. The first-order valence-corrected chi connectivity index (χ1v) is 5.58. The minimum Gasteiger partial charge on any atom is -0.450 e. The fourth-order valence-corrected chi connectivity index (χ4v) is 2.82. The smallest absolute Gasteiger partial charge is 0.338 e. The highest BCUT2D eigenvalue weighted by atomic mass is 16.6. The molecule has 1 atom stereocenters. The highest BCUT2D eigenvalue weighted by molar-refractivity contribution is 5.97. The Kier molecular flexibility index (Phi) is 2.38. The van der Waals surface area contributed by atoms with E-state index in [1.54, 1.807) is 0 Å². The first-order valence-electron chi connectivity index (χ1n) is 5.58. The molecule has 0 amide bonds. The van der Waals surface area contributed by atoms with E-state index < -0.39 is 0 Å². The number of rotatable bonds is 1. The molecule has 1 heterocycles. The minimum absolute atomic E-state index is 0.111. The Morgan fingerprint density at radius 2 is 2.00 bits per heavy atom. The lowest BCUT2D eigenvalue weighted by atomic mass is 9.71. The molecule has 14 heavy (non-hydrogen) atoms. The number of ether oxygens (including phenoxy) is 1. The van der Waals surface area contributed by atoms with E-state index in [1.807, 2.05) is 13.0 Å². The fourth-order valence-electron chi connectivity index (χ4n) is 2.82. The number of hydrogen-bond acceptors (Lipinski definition) is 2. The van der Waals surface area contributed by atoms with Crippen LogP contribution in [-0.4, -0.2) is 11.6 Å². The van der Waals surface area contributed by atoms with Gasteiger partial charge in [-0.15, -0.1) is 0 Å². The van der Waals surface area contributed by atoms with Gasteiger partial charge in [-0.3, -0.25) is 0 Å². The zero-order valence-corrected chi connectivity index (χ0v) is 9.01. The van der Waals surface area contributed by atoms with Crippen LogP contribution >= 0.6 is 0 Å². The van der Waals surface area contributed by atoms with Gasteiger partial charge in [0.15, 0.2) is 0 Å². The molecule has 0 aromatic rings. The Morgan fingerprint density at radius 1 is 1.36 bits per heavy atom. The van der Waals surface area contributed by atoms with Gasteiger partial charge in [0.1, 0.15) is 5.60 Å². The van der Waals surface area contributed by atoms with Gasteiger partial charge in [0.2, 0.25) is 0 Å². The normalized spacial score (nSPS) is 36.7. The largest absolute Gasteiger partial charge is 0.450 e. The number of carbonyl (C=O) groups excluding carboxylic acids is 1. The molecule has 2 rings (SSSR count). The second kappa shape index (κ2) is 3.41. The summed E-state index contributed by atoms with van der Waals surface area (Å²) in [6, 6.07) is 0. The van der Waals surface area contributed by atoms with Crippen LogP contribution in [0, 0.1) is 5.92 Å². The zero-order chi connectivity index (χ0) is 10.2. The standard InChI is InChI=1S/C12H18O2/c1-3-10-11(13)14-12(10,2)9-7-5-4-6-8-9/h3,9H,4-8H2,1-2H3/b10-3-/t12-/m0/s1. The molecule has 0 N–H and O–H groups in total. The number of cyclic esters (lactones) is 1. The van der Waals surface area contributed by atoms with Crippen LogP contribution in [-0.2, 0) is 9.53 Å². The quantitative estimate of drug-likeness (QED) is 0.474. The van der Waals surface area contributed by atoms with Crippen molar-refractivity contribution in [1.29, 1.82) is 0 Å². The summed E-state index contributed by atoms with van der Waals surface area (Å²) in [5.74, 6) is 0.445. The van der Waals surface area contributed by atoms with Crippen LogP contribution in [0.4, 0.5) is 0 Å². The molecule has 0 bridgehead atoms. The number of carbonyl (C=O) groups is 1. The fraction of sp³-hybridized carbons (Fsp3) is 0.750. The number of esters is 1. The van der Waals surface area contributed by atoms with E-state index >= 15 is 0 Å². The molecule has 2 fully saturated rings. The third-order valence-corrected chi connectivity index (χ3v) is 3.73. The highest BCUT2D eigenvalue weighted by Crippen LogP contribution is 2.45. The van der Waals surface area contributed by atoms with Gasteiger partial charge in [0.25, 0.3) is 0 Å². The molecule has 2 aliphatic rings.